The van der Waals surface area contributed by atoms with Crippen molar-refractivity contribution in [1.82, 2.24) is 20.2 Å². The van der Waals surface area contributed by atoms with Crippen LogP contribution in [0.3, 0.4) is 0 Å². The van der Waals surface area contributed by atoms with Gasteiger partial charge in [-0.2, -0.15) is 15.8 Å². The Labute approximate surface area is 158 Å². The van der Waals surface area contributed by atoms with E-state index in [1.807, 2.05) is 29.1 Å². The zero-order valence-corrected chi connectivity index (χ0v) is 15.0. The Morgan fingerprint density at radius 2 is 2.07 bits per heavy atom. The molecule has 1 aliphatic heterocycles. The molecule has 1 saturated heterocycles. The van der Waals surface area contributed by atoms with Crippen molar-refractivity contribution in [2.24, 2.45) is 0 Å². The van der Waals surface area contributed by atoms with Crippen molar-refractivity contribution in [3.05, 3.63) is 78.1 Å². The summed E-state index contributed by atoms with van der Waals surface area (Å²) in [6.07, 6.45) is 4.76. The van der Waals surface area contributed by atoms with Crippen LogP contribution in [0.4, 0.5) is 0 Å². The Morgan fingerprint density at radius 1 is 1.19 bits per heavy atom. The average Bonchev–Trinajstić information content (AvgIpc) is 3.39. The highest BCUT2D eigenvalue weighted by Crippen LogP contribution is 2.17. The van der Waals surface area contributed by atoms with Crippen molar-refractivity contribution in [3.8, 4) is 17.5 Å². The van der Waals surface area contributed by atoms with Gasteiger partial charge in [-0.05, 0) is 42.3 Å². The van der Waals surface area contributed by atoms with E-state index < -0.39 is 0 Å². The van der Waals surface area contributed by atoms with Crippen LogP contribution in [0.25, 0.3) is 5.69 Å². The van der Waals surface area contributed by atoms with E-state index in [9.17, 15) is 0 Å². The summed E-state index contributed by atoms with van der Waals surface area (Å²) in [6, 6.07) is 20.0. The van der Waals surface area contributed by atoms with Gasteiger partial charge >= 0.3 is 0 Å². The van der Waals surface area contributed by atoms with Crippen LogP contribution in [0.2, 0.25) is 0 Å². The first-order valence-corrected chi connectivity index (χ1v) is 9.04. The zero-order valence-electron chi connectivity index (χ0n) is 15.0. The first-order valence-electron chi connectivity index (χ1n) is 9.04. The number of nitrogens with zero attached hydrogens (tertiary/aromatic N) is 4. The lowest BCUT2D eigenvalue weighted by atomic mass is 10.2. The number of nitrogens with one attached hydrogen (secondary N) is 1. The second kappa shape index (κ2) is 8.04. The summed E-state index contributed by atoms with van der Waals surface area (Å²) < 4.78 is 1.86. The van der Waals surface area contributed by atoms with Gasteiger partial charge < -0.3 is 4.84 Å². The molecule has 4 rings (SSSR count). The van der Waals surface area contributed by atoms with E-state index in [2.05, 4.69) is 45.8 Å². The molecule has 1 N–H and O–H groups in total. The molecule has 0 spiro atoms. The lowest BCUT2D eigenvalue weighted by Gasteiger charge is -2.17. The summed E-state index contributed by atoms with van der Waals surface area (Å²) in [4.78, 5) is 8.06. The third-order valence-electron chi connectivity index (χ3n) is 4.69. The van der Waals surface area contributed by atoms with E-state index in [0.717, 1.165) is 31.7 Å². The van der Waals surface area contributed by atoms with Crippen molar-refractivity contribution < 1.29 is 4.84 Å². The summed E-state index contributed by atoms with van der Waals surface area (Å²) >= 11 is 0. The van der Waals surface area contributed by atoms with Gasteiger partial charge in [-0.1, -0.05) is 18.2 Å². The predicted octanol–water partition coefficient (Wildman–Crippen LogP) is 2.90. The molecule has 0 unspecified atom stereocenters. The molecular formula is C21H21N5O. The maximum atomic E-state index is 8.95. The van der Waals surface area contributed by atoms with E-state index in [1.54, 1.807) is 18.3 Å². The van der Waals surface area contributed by atoms with Crippen LogP contribution >= 0.6 is 0 Å². The molecule has 2 heterocycles. The van der Waals surface area contributed by atoms with Gasteiger partial charge in [0.15, 0.2) is 0 Å². The monoisotopic (exact) mass is 359 g/mol. The molecule has 3 aromatic rings. The third-order valence-corrected chi connectivity index (χ3v) is 4.69. The Hall–Kier alpha value is -3.14. The molecule has 0 bridgehead atoms. The van der Waals surface area contributed by atoms with E-state index in [1.165, 1.54) is 5.56 Å². The summed E-state index contributed by atoms with van der Waals surface area (Å²) in [5, 5.41) is 13.2. The van der Waals surface area contributed by atoms with Gasteiger partial charge in [0.2, 0.25) is 0 Å². The molecule has 0 aliphatic carbocycles. The Morgan fingerprint density at radius 3 is 2.85 bits per heavy atom. The first-order chi connectivity index (χ1) is 13.3. The number of likely N-dealkylation sites (tertiary alicyclic amines) is 1. The van der Waals surface area contributed by atoms with Gasteiger partial charge in [0.1, 0.15) is 5.75 Å². The highest BCUT2D eigenvalue weighted by atomic mass is 16.6. The van der Waals surface area contributed by atoms with Gasteiger partial charge in [0, 0.05) is 38.1 Å². The molecule has 1 aliphatic rings. The minimum atomic E-state index is 0.277. The molecule has 1 atom stereocenters. The van der Waals surface area contributed by atoms with Gasteiger partial charge in [0.25, 0.3) is 0 Å². The first kappa shape index (κ1) is 17.3. The number of benzene rings is 2. The lowest BCUT2D eigenvalue weighted by molar-refractivity contribution is 0.154. The van der Waals surface area contributed by atoms with Crippen LogP contribution in [0.5, 0.6) is 5.75 Å². The second-order valence-corrected chi connectivity index (χ2v) is 6.70. The number of hydroxylamine groups is 1. The summed E-state index contributed by atoms with van der Waals surface area (Å²) in [5.41, 5.74) is 6.08. The van der Waals surface area contributed by atoms with Crippen LogP contribution in [0, 0.1) is 11.3 Å². The quantitative estimate of drug-likeness (QED) is 0.686. The molecule has 6 nitrogen and oxygen atoms in total. The van der Waals surface area contributed by atoms with E-state index in [-0.39, 0.29) is 6.04 Å². The SMILES string of the molecule is N#Cc1cccc(ON[C@@H]2CCN(Cc3ccc(-n4cccn4)cc3)C2)c1. The van der Waals surface area contributed by atoms with Gasteiger partial charge in [-0.15, -0.1) is 0 Å². The highest BCUT2D eigenvalue weighted by molar-refractivity contribution is 5.36. The maximum Gasteiger partial charge on any atom is 0.148 e. The maximum absolute atomic E-state index is 8.95. The number of aromatic nitrogens is 2. The summed E-state index contributed by atoms with van der Waals surface area (Å²) in [7, 11) is 0. The van der Waals surface area contributed by atoms with Crippen LogP contribution in [0.15, 0.2) is 67.0 Å². The fourth-order valence-corrected chi connectivity index (χ4v) is 3.29. The van der Waals surface area contributed by atoms with E-state index in [0.29, 0.717) is 11.3 Å². The van der Waals surface area contributed by atoms with Crippen LogP contribution < -0.4 is 10.3 Å². The van der Waals surface area contributed by atoms with Crippen LogP contribution in [-0.4, -0.2) is 33.8 Å². The van der Waals surface area contributed by atoms with Crippen LogP contribution in [0.1, 0.15) is 17.5 Å². The van der Waals surface area contributed by atoms with Crippen LogP contribution in [-0.2, 0) is 6.54 Å². The molecular weight excluding hydrogens is 338 g/mol. The molecule has 136 valence electrons. The van der Waals surface area contributed by atoms with Crippen molar-refractivity contribution in [2.45, 2.75) is 19.0 Å². The molecule has 1 fully saturated rings. The molecule has 1 aromatic heterocycles. The van der Waals surface area contributed by atoms with Crippen molar-refractivity contribution in [3.63, 3.8) is 0 Å². The zero-order chi connectivity index (χ0) is 18.5. The topological polar surface area (TPSA) is 66.1 Å². The normalized spacial score (nSPS) is 16.9. The number of nitriles is 1. The molecule has 0 saturated carbocycles. The van der Waals surface area contributed by atoms with Gasteiger partial charge in [0.05, 0.1) is 23.4 Å². The molecule has 0 radical (unpaired) electrons. The minimum absolute atomic E-state index is 0.277. The van der Waals surface area contributed by atoms with Crippen molar-refractivity contribution >= 4 is 0 Å². The molecule has 0 amide bonds. The molecule has 27 heavy (non-hydrogen) atoms. The number of rotatable bonds is 6. The van der Waals surface area contributed by atoms with E-state index >= 15 is 0 Å². The molecule has 6 heteroatoms. The smallest absolute Gasteiger partial charge is 0.148 e. The summed E-state index contributed by atoms with van der Waals surface area (Å²) in [6.45, 7) is 2.88. The lowest BCUT2D eigenvalue weighted by Crippen LogP contribution is -2.34. The van der Waals surface area contributed by atoms with Crippen molar-refractivity contribution in [2.75, 3.05) is 13.1 Å². The van der Waals surface area contributed by atoms with E-state index in [4.69, 9.17) is 10.1 Å². The summed E-state index contributed by atoms with van der Waals surface area (Å²) in [5.74, 6) is 0.668. The fourth-order valence-electron chi connectivity index (χ4n) is 3.29. The Kier molecular flexibility index (Phi) is 5.15. The number of hydrogen-bond acceptors (Lipinski definition) is 5. The van der Waals surface area contributed by atoms with Crippen molar-refractivity contribution in [1.29, 1.82) is 5.26 Å². The third kappa shape index (κ3) is 4.34. The minimum Gasteiger partial charge on any atom is -0.408 e. The largest absolute Gasteiger partial charge is 0.408 e. The average molecular weight is 359 g/mol. The second-order valence-electron chi connectivity index (χ2n) is 6.70. The highest BCUT2D eigenvalue weighted by Gasteiger charge is 2.23. The predicted molar refractivity (Wildman–Crippen MR) is 102 cm³/mol. The Balaban J connectivity index is 1.27. The Bertz CT molecular complexity index is 914. The standard InChI is InChI=1S/C21H21N5O/c22-14-18-3-1-4-21(13-18)27-24-19-9-12-25(16-19)15-17-5-7-20(8-6-17)26-11-2-10-23-26/h1-8,10-11,13,19,24H,9,12,15-16H2/t19-/m1/s1. The fraction of sp³-hybridized carbons (Fsp3) is 0.238. The number of hydrogen-bond donors (Lipinski definition) is 1. The van der Waals surface area contributed by atoms with Gasteiger partial charge in [-0.3, -0.25) is 4.90 Å². The molecule has 2 aromatic carbocycles. The van der Waals surface area contributed by atoms with Gasteiger partial charge in [-0.25, -0.2) is 4.68 Å².